The van der Waals surface area contributed by atoms with Crippen molar-refractivity contribution in [1.82, 2.24) is 0 Å². The average Bonchev–Trinajstić information content (AvgIpc) is 3.14. The van der Waals surface area contributed by atoms with Gasteiger partial charge in [-0.2, -0.15) is 0 Å². The molecule has 2 heterocycles. The molecule has 0 N–H and O–H groups in total. The zero-order chi connectivity index (χ0) is 20.9. The molecule has 0 unspecified atom stereocenters. The summed E-state index contributed by atoms with van der Waals surface area (Å²) < 4.78 is 45.6. The zero-order valence-electron chi connectivity index (χ0n) is 14.8. The second-order valence-corrected chi connectivity index (χ2v) is 6.92. The minimum atomic E-state index is -4.94. The van der Waals surface area contributed by atoms with Gasteiger partial charge in [-0.25, -0.2) is 23.1 Å². The number of furan rings is 1. The normalized spacial score (nSPS) is 10.9. The molecule has 0 spiro atoms. The molecule has 0 saturated carbocycles. The Morgan fingerprint density at radius 2 is 1.17 bits per heavy atom. The third-order valence-corrected chi connectivity index (χ3v) is 3.98. The van der Waals surface area contributed by atoms with Gasteiger partial charge in [0.2, 0.25) is 5.76 Å². The van der Waals surface area contributed by atoms with Gasteiger partial charge in [-0.15, -0.1) is 10.2 Å². The van der Waals surface area contributed by atoms with Crippen molar-refractivity contribution in [3.8, 4) is 34.0 Å². The van der Waals surface area contributed by atoms with Crippen LogP contribution in [0.5, 0.6) is 0 Å². The van der Waals surface area contributed by atoms with Gasteiger partial charge in [0, 0.05) is 5.56 Å². The fourth-order valence-corrected chi connectivity index (χ4v) is 2.76. The molecule has 0 atom stereocenters. The first-order valence-corrected chi connectivity index (χ1v) is 9.87. The third-order valence-electron chi connectivity index (χ3n) is 3.77. The Bertz CT molecular complexity index is 996. The largest absolute Gasteiger partial charge is 0.435 e. The molecule has 0 bridgehead atoms. The van der Waals surface area contributed by atoms with Gasteiger partial charge in [0.05, 0.1) is 17.7 Å². The Kier molecular flexibility index (Phi) is 6.66. The first-order valence-electron chi connectivity index (χ1n) is 8.26. The van der Waals surface area contributed by atoms with E-state index in [1.165, 1.54) is 0 Å². The lowest BCUT2D eigenvalue weighted by atomic mass is 10.0. The lowest BCUT2D eigenvalue weighted by molar-refractivity contribution is -2.00. The molecule has 4 aromatic rings. The van der Waals surface area contributed by atoms with Gasteiger partial charge < -0.3 is 4.42 Å². The first-order chi connectivity index (χ1) is 13.8. The quantitative estimate of drug-likeness (QED) is 0.457. The molecule has 2 aromatic heterocycles. The van der Waals surface area contributed by atoms with Crippen molar-refractivity contribution in [3.63, 3.8) is 0 Å². The first kappa shape index (κ1) is 21.0. The van der Waals surface area contributed by atoms with E-state index in [1.807, 2.05) is 66.7 Å². The summed E-state index contributed by atoms with van der Waals surface area (Å²) in [6.45, 7) is 0. The van der Waals surface area contributed by atoms with Gasteiger partial charge >= 0.3 is 11.5 Å². The van der Waals surface area contributed by atoms with Crippen LogP contribution in [0.2, 0.25) is 5.22 Å². The maximum atomic E-state index is 8.49. The Morgan fingerprint density at radius 1 is 0.655 bits per heavy atom. The maximum Gasteiger partial charge on any atom is 0.396 e. The Labute approximate surface area is 173 Å². The standard InChI is InChI=1S/C21H14ClO2.ClHO4/c22-21-12-11-18(24-21)20-14-17(15-7-3-1-4-8-15)13-19(23-20)16-9-5-2-6-10-16;2-1(3,4)5/h1-14H;(H,2,3,4,5)/q+1;/p-1. The second kappa shape index (κ2) is 9.19. The van der Waals surface area contributed by atoms with E-state index in [9.17, 15) is 0 Å². The van der Waals surface area contributed by atoms with Crippen LogP contribution in [0, 0.1) is 10.2 Å². The van der Waals surface area contributed by atoms with Crippen LogP contribution in [0.25, 0.3) is 34.0 Å². The molecule has 0 aliphatic heterocycles. The van der Waals surface area contributed by atoms with E-state index in [2.05, 4.69) is 12.1 Å². The third kappa shape index (κ3) is 6.40. The molecule has 0 amide bonds. The summed E-state index contributed by atoms with van der Waals surface area (Å²) in [7, 11) is -4.94. The number of hydrogen-bond acceptors (Lipinski definition) is 5. The maximum absolute atomic E-state index is 8.49. The van der Waals surface area contributed by atoms with Crippen molar-refractivity contribution in [3.05, 3.63) is 90.1 Å². The highest BCUT2D eigenvalue weighted by atomic mass is 35.7. The highest BCUT2D eigenvalue weighted by molar-refractivity contribution is 6.28. The molecule has 0 saturated heterocycles. The summed E-state index contributed by atoms with van der Waals surface area (Å²) in [5.74, 6) is 2.02. The molecule has 4 rings (SSSR count). The minimum absolute atomic E-state index is 0.339. The Balaban J connectivity index is 0.000000431. The van der Waals surface area contributed by atoms with Gasteiger partial charge in [0.1, 0.15) is 0 Å². The van der Waals surface area contributed by atoms with Crippen molar-refractivity contribution in [2.75, 3.05) is 0 Å². The predicted molar refractivity (Wildman–Crippen MR) is 96.7 cm³/mol. The van der Waals surface area contributed by atoms with Crippen LogP contribution in [0.15, 0.2) is 93.8 Å². The van der Waals surface area contributed by atoms with Crippen LogP contribution >= 0.6 is 11.6 Å². The molecule has 0 aliphatic carbocycles. The summed E-state index contributed by atoms with van der Waals surface area (Å²) >= 11 is 5.92. The summed E-state index contributed by atoms with van der Waals surface area (Å²) in [6, 6.07) is 27.7. The van der Waals surface area contributed by atoms with Gasteiger partial charge in [0.15, 0.2) is 5.22 Å². The predicted octanol–water partition coefficient (Wildman–Crippen LogP) is 2.05. The summed E-state index contributed by atoms with van der Waals surface area (Å²) in [5, 5.41) is 0.339. The van der Waals surface area contributed by atoms with Crippen LogP contribution in [-0.2, 0) is 0 Å². The molecule has 0 fully saturated rings. The minimum Gasteiger partial charge on any atom is -0.435 e. The highest BCUT2D eigenvalue weighted by Crippen LogP contribution is 2.34. The van der Waals surface area contributed by atoms with Crippen molar-refractivity contribution in [2.45, 2.75) is 0 Å². The van der Waals surface area contributed by atoms with Crippen LogP contribution in [-0.4, -0.2) is 0 Å². The number of benzene rings is 2. The topological polar surface area (TPSA) is 117 Å². The fraction of sp³-hybridized carbons (Fsp3) is 0. The molecule has 2 aromatic carbocycles. The summed E-state index contributed by atoms with van der Waals surface area (Å²) in [5.41, 5.74) is 3.18. The van der Waals surface area contributed by atoms with E-state index in [-0.39, 0.29) is 0 Å². The van der Waals surface area contributed by atoms with E-state index < -0.39 is 10.2 Å². The number of hydrogen-bond donors (Lipinski definition) is 0. The number of rotatable bonds is 3. The molecule has 8 heteroatoms. The van der Waals surface area contributed by atoms with Crippen LogP contribution in [0.4, 0.5) is 0 Å². The van der Waals surface area contributed by atoms with E-state index in [0.717, 1.165) is 22.5 Å². The van der Waals surface area contributed by atoms with Gasteiger partial charge in [-0.05, 0) is 41.4 Å². The van der Waals surface area contributed by atoms with Gasteiger partial charge in [-0.1, -0.05) is 48.5 Å². The van der Waals surface area contributed by atoms with Crippen molar-refractivity contribution in [2.24, 2.45) is 0 Å². The summed E-state index contributed by atoms with van der Waals surface area (Å²) in [4.78, 5) is 0. The average molecular weight is 433 g/mol. The van der Waals surface area contributed by atoms with E-state index in [4.69, 9.17) is 39.1 Å². The van der Waals surface area contributed by atoms with E-state index in [1.54, 1.807) is 6.07 Å². The molecule has 148 valence electrons. The monoisotopic (exact) mass is 432 g/mol. The fourth-order valence-electron chi connectivity index (χ4n) is 2.61. The lowest BCUT2D eigenvalue weighted by Gasteiger charge is -2.17. The molecule has 29 heavy (non-hydrogen) atoms. The summed E-state index contributed by atoms with van der Waals surface area (Å²) in [6.07, 6.45) is 0. The SMILES string of the molecule is Clc1ccc(-c2cc(-c3ccccc3)cc(-c3ccccc3)[o+]2)o1.[O-][Cl+3]([O-])([O-])[O-]. The highest BCUT2D eigenvalue weighted by Gasteiger charge is 2.22. The van der Waals surface area contributed by atoms with Crippen molar-refractivity contribution < 1.29 is 37.7 Å². The van der Waals surface area contributed by atoms with Crippen molar-refractivity contribution >= 4 is 11.6 Å². The lowest BCUT2D eigenvalue weighted by Crippen LogP contribution is -2.68. The zero-order valence-corrected chi connectivity index (χ0v) is 16.3. The van der Waals surface area contributed by atoms with Crippen LogP contribution in [0.1, 0.15) is 0 Å². The molecule has 0 aliphatic rings. The smallest absolute Gasteiger partial charge is 0.396 e. The van der Waals surface area contributed by atoms with Gasteiger partial charge in [0.25, 0.3) is 0 Å². The number of halogens is 2. The Hall–Kier alpha value is -2.71. The van der Waals surface area contributed by atoms with E-state index >= 15 is 0 Å². The Morgan fingerprint density at radius 3 is 1.69 bits per heavy atom. The molecule has 6 nitrogen and oxygen atoms in total. The molecular weight excluding hydrogens is 419 g/mol. The van der Waals surface area contributed by atoms with Crippen LogP contribution in [0.3, 0.4) is 0 Å². The molecular formula is C21H14Cl2O6. The van der Waals surface area contributed by atoms with Gasteiger partial charge in [-0.3, -0.25) is 0 Å². The van der Waals surface area contributed by atoms with Crippen LogP contribution < -0.4 is 18.6 Å². The van der Waals surface area contributed by atoms with E-state index in [0.29, 0.717) is 16.7 Å². The molecule has 0 radical (unpaired) electrons. The second-order valence-electron chi connectivity index (χ2n) is 5.79. The van der Waals surface area contributed by atoms with Crippen molar-refractivity contribution in [1.29, 1.82) is 0 Å².